The molecule has 2 aromatic heterocycles. The van der Waals surface area contributed by atoms with E-state index in [1.165, 1.54) is 16.2 Å². The van der Waals surface area contributed by atoms with Crippen molar-refractivity contribution in [1.82, 2.24) is 0 Å². The summed E-state index contributed by atoms with van der Waals surface area (Å²) >= 11 is 4.86. The van der Waals surface area contributed by atoms with Gasteiger partial charge in [0, 0.05) is 20.4 Å². The number of nitrogens with zero attached hydrogens (tertiary/aromatic N) is 1. The van der Waals surface area contributed by atoms with Crippen molar-refractivity contribution in [2.24, 2.45) is 0 Å². The number of halogens is 1. The molecule has 1 unspecified atom stereocenters. The Morgan fingerprint density at radius 2 is 1.90 bits per heavy atom. The Kier molecular flexibility index (Phi) is 4.79. The predicted octanol–water partition coefficient (Wildman–Crippen LogP) is 6.35. The second-order valence-corrected chi connectivity index (χ2v) is 9.13. The Morgan fingerprint density at radius 1 is 1.13 bits per heavy atom. The minimum Gasteiger partial charge on any atom is -0.503 e. The lowest BCUT2D eigenvalue weighted by atomic mass is 9.98. The number of para-hydroxylation sites is 1. The summed E-state index contributed by atoms with van der Waals surface area (Å²) in [6.45, 7) is 1.93. The van der Waals surface area contributed by atoms with E-state index < -0.39 is 23.5 Å². The van der Waals surface area contributed by atoms with Crippen LogP contribution in [0.4, 0.5) is 5.69 Å². The van der Waals surface area contributed by atoms with Crippen LogP contribution < -0.4 is 4.90 Å². The lowest BCUT2D eigenvalue weighted by Crippen LogP contribution is -2.30. The number of furan rings is 1. The van der Waals surface area contributed by atoms with E-state index in [9.17, 15) is 14.7 Å². The van der Waals surface area contributed by atoms with Gasteiger partial charge in [0.05, 0.1) is 5.57 Å². The number of amides is 1. The average Bonchev–Trinajstić information content (AvgIpc) is 3.44. The molecule has 1 amide bonds. The number of aryl methyl sites for hydroxylation is 1. The van der Waals surface area contributed by atoms with Crippen molar-refractivity contribution >= 4 is 55.6 Å². The van der Waals surface area contributed by atoms with Crippen molar-refractivity contribution in [2.45, 2.75) is 13.0 Å². The lowest BCUT2D eigenvalue weighted by molar-refractivity contribution is -0.117. The van der Waals surface area contributed by atoms with E-state index in [0.717, 1.165) is 20.3 Å². The summed E-state index contributed by atoms with van der Waals surface area (Å²) < 4.78 is 6.64. The quantitative estimate of drug-likeness (QED) is 0.336. The first-order valence-electron chi connectivity index (χ1n) is 9.55. The molecular formula is C24H16BrNO4S. The van der Waals surface area contributed by atoms with E-state index in [-0.39, 0.29) is 11.3 Å². The van der Waals surface area contributed by atoms with Crippen LogP contribution >= 0.6 is 27.3 Å². The van der Waals surface area contributed by atoms with Crippen molar-refractivity contribution < 1.29 is 19.1 Å². The Hall–Kier alpha value is -3.16. The number of ketones is 1. The second-order valence-electron chi connectivity index (χ2n) is 7.27. The van der Waals surface area contributed by atoms with Crippen LogP contribution in [0.5, 0.6) is 0 Å². The molecule has 1 aliphatic rings. The number of thiophene rings is 1. The minimum atomic E-state index is -0.734. The highest BCUT2D eigenvalue weighted by Gasteiger charge is 2.46. The van der Waals surface area contributed by atoms with E-state index in [1.54, 1.807) is 24.3 Å². The standard InChI is InChI=1S/C24H16BrNO4S/c1-13-9-10-31-23(13)20-19(22(28)24(29)26(20)16-5-3-2-4-6-16)21(27)18-12-14-11-15(25)7-8-17(14)30-18/h2-12,20,28H,1H3. The number of hydrogen-bond donors (Lipinski definition) is 1. The number of Topliss-reactive ketones (excluding diaryl/α,β-unsaturated/α-hetero) is 1. The van der Waals surface area contributed by atoms with Gasteiger partial charge in [-0.05, 0) is 60.3 Å². The molecule has 5 rings (SSSR count). The van der Waals surface area contributed by atoms with Gasteiger partial charge in [-0.2, -0.15) is 0 Å². The zero-order valence-electron chi connectivity index (χ0n) is 16.3. The van der Waals surface area contributed by atoms with Gasteiger partial charge < -0.3 is 9.52 Å². The summed E-state index contributed by atoms with van der Waals surface area (Å²) in [5.74, 6) is -1.58. The van der Waals surface area contributed by atoms with Gasteiger partial charge in [0.2, 0.25) is 5.78 Å². The second kappa shape index (κ2) is 7.51. The van der Waals surface area contributed by atoms with Crippen molar-refractivity contribution in [3.8, 4) is 0 Å². The molecule has 154 valence electrons. The summed E-state index contributed by atoms with van der Waals surface area (Å²) in [4.78, 5) is 29.0. The molecule has 1 atom stereocenters. The molecule has 0 saturated heterocycles. The maximum Gasteiger partial charge on any atom is 0.294 e. The molecule has 0 spiro atoms. The monoisotopic (exact) mass is 493 g/mol. The maximum absolute atomic E-state index is 13.6. The molecule has 0 aliphatic carbocycles. The normalized spacial score (nSPS) is 16.5. The number of fused-ring (bicyclic) bond motifs is 1. The van der Waals surface area contributed by atoms with Crippen LogP contribution in [0, 0.1) is 6.92 Å². The molecule has 0 radical (unpaired) electrons. The minimum absolute atomic E-state index is 0.0255. The smallest absolute Gasteiger partial charge is 0.294 e. The third-order valence-electron chi connectivity index (χ3n) is 5.34. The number of benzene rings is 2. The number of carbonyl (C=O) groups excluding carboxylic acids is 2. The molecule has 3 heterocycles. The van der Waals surface area contributed by atoms with E-state index in [1.807, 2.05) is 48.7 Å². The van der Waals surface area contributed by atoms with Gasteiger partial charge in [0.15, 0.2) is 11.5 Å². The van der Waals surface area contributed by atoms with Gasteiger partial charge in [-0.1, -0.05) is 34.1 Å². The Morgan fingerprint density at radius 3 is 2.61 bits per heavy atom. The average molecular weight is 494 g/mol. The lowest BCUT2D eigenvalue weighted by Gasteiger charge is -2.26. The van der Waals surface area contributed by atoms with Crippen LogP contribution in [0.3, 0.4) is 0 Å². The van der Waals surface area contributed by atoms with Gasteiger partial charge in [0.25, 0.3) is 5.91 Å². The van der Waals surface area contributed by atoms with Crippen LogP contribution in [0.1, 0.15) is 27.0 Å². The van der Waals surface area contributed by atoms with Gasteiger partial charge in [-0.15, -0.1) is 11.3 Å². The highest BCUT2D eigenvalue weighted by Crippen LogP contribution is 2.44. The number of aliphatic hydroxyl groups excluding tert-OH is 1. The largest absolute Gasteiger partial charge is 0.503 e. The van der Waals surface area contributed by atoms with Crippen LogP contribution in [-0.4, -0.2) is 16.8 Å². The van der Waals surface area contributed by atoms with Crippen LogP contribution in [-0.2, 0) is 4.79 Å². The zero-order chi connectivity index (χ0) is 21.7. The van der Waals surface area contributed by atoms with Crippen molar-refractivity contribution in [3.63, 3.8) is 0 Å². The van der Waals surface area contributed by atoms with Crippen molar-refractivity contribution in [1.29, 1.82) is 0 Å². The SMILES string of the molecule is Cc1ccsc1C1C(C(=O)c2cc3cc(Br)ccc3o2)=C(O)C(=O)N1c1ccccc1. The number of anilines is 1. The predicted molar refractivity (Wildman–Crippen MR) is 124 cm³/mol. The summed E-state index contributed by atoms with van der Waals surface area (Å²) in [7, 11) is 0. The summed E-state index contributed by atoms with van der Waals surface area (Å²) in [6, 6.07) is 17.3. The number of carbonyl (C=O) groups is 2. The molecule has 0 fully saturated rings. The molecule has 2 aromatic carbocycles. The number of rotatable bonds is 4. The molecule has 7 heteroatoms. The fourth-order valence-corrected chi connectivity index (χ4v) is 5.27. The van der Waals surface area contributed by atoms with Crippen molar-refractivity contribution in [2.75, 3.05) is 4.90 Å². The topological polar surface area (TPSA) is 70.7 Å². The summed E-state index contributed by atoms with van der Waals surface area (Å²) in [5, 5.41) is 13.5. The van der Waals surface area contributed by atoms with E-state index in [0.29, 0.717) is 11.3 Å². The maximum atomic E-state index is 13.6. The number of aliphatic hydroxyl groups is 1. The zero-order valence-corrected chi connectivity index (χ0v) is 18.7. The molecular weight excluding hydrogens is 478 g/mol. The Labute approximate surface area is 190 Å². The molecule has 1 N–H and O–H groups in total. The van der Waals surface area contributed by atoms with E-state index in [2.05, 4.69) is 15.9 Å². The van der Waals surface area contributed by atoms with Crippen LogP contribution in [0.2, 0.25) is 0 Å². The van der Waals surface area contributed by atoms with E-state index in [4.69, 9.17) is 4.42 Å². The molecule has 4 aromatic rings. The summed E-state index contributed by atoms with van der Waals surface area (Å²) in [6.07, 6.45) is 0. The third kappa shape index (κ3) is 3.21. The molecule has 1 aliphatic heterocycles. The molecule has 0 saturated carbocycles. The Bertz CT molecular complexity index is 1370. The van der Waals surface area contributed by atoms with Gasteiger partial charge >= 0.3 is 0 Å². The van der Waals surface area contributed by atoms with Crippen LogP contribution in [0.15, 0.2) is 86.3 Å². The Balaban J connectivity index is 1.66. The third-order valence-corrected chi connectivity index (χ3v) is 6.90. The first kappa shape index (κ1) is 19.8. The first-order valence-corrected chi connectivity index (χ1v) is 11.2. The summed E-state index contributed by atoms with van der Waals surface area (Å²) in [5.41, 5.74) is 2.13. The highest BCUT2D eigenvalue weighted by atomic mass is 79.9. The molecule has 0 bridgehead atoms. The van der Waals surface area contributed by atoms with Gasteiger partial charge in [0.1, 0.15) is 11.6 Å². The van der Waals surface area contributed by atoms with Gasteiger partial charge in [-0.25, -0.2) is 0 Å². The fourth-order valence-electron chi connectivity index (χ4n) is 3.86. The highest BCUT2D eigenvalue weighted by molar-refractivity contribution is 9.10. The van der Waals surface area contributed by atoms with Gasteiger partial charge in [-0.3, -0.25) is 14.5 Å². The van der Waals surface area contributed by atoms with Crippen LogP contribution in [0.25, 0.3) is 11.0 Å². The number of hydrogen-bond acceptors (Lipinski definition) is 5. The fraction of sp³-hybridized carbons (Fsp3) is 0.0833. The van der Waals surface area contributed by atoms with E-state index >= 15 is 0 Å². The molecule has 5 nitrogen and oxygen atoms in total. The van der Waals surface area contributed by atoms with Crippen molar-refractivity contribution in [3.05, 3.63) is 98.0 Å². The first-order chi connectivity index (χ1) is 15.0. The molecule has 31 heavy (non-hydrogen) atoms.